The van der Waals surface area contributed by atoms with Crippen LogP contribution in [-0.2, 0) is 14.3 Å². The number of aliphatic hydroxyl groups is 1. The standard InChI is InChI=1S/C39H54O6/c1-34(2)19-21-39(33(43)44)22-20-37(5)27(28(39)23-34)12-13-30-35(3)17-16-31(41)36(4,29(35)15-18-38(30,37)6)24-45-32(42)14-9-25-7-10-26(40)11-8-25/h7-12,14,28-31,40-41H,13,15-24H2,1-6H3,(H,43,44)/b14-9+. The van der Waals surface area contributed by atoms with E-state index in [0.717, 1.165) is 63.4 Å². The van der Waals surface area contributed by atoms with Crippen molar-refractivity contribution in [3.8, 4) is 5.75 Å². The molecule has 5 aliphatic rings. The van der Waals surface area contributed by atoms with Crippen LogP contribution < -0.4 is 0 Å². The quantitative estimate of drug-likeness (QED) is 0.175. The summed E-state index contributed by atoms with van der Waals surface area (Å²) in [5.74, 6) is -0.152. The third-order valence-electron chi connectivity index (χ3n) is 14.7. The Morgan fingerprint density at radius 1 is 0.911 bits per heavy atom. The molecule has 5 aliphatic carbocycles. The Labute approximate surface area is 269 Å². The average Bonchev–Trinajstić information content (AvgIpc) is 2.98. The number of aromatic hydroxyl groups is 1. The fraction of sp³-hybridized carbons (Fsp3) is 0.692. The third kappa shape index (κ3) is 4.83. The summed E-state index contributed by atoms with van der Waals surface area (Å²) in [6, 6.07) is 6.64. The second-order valence-electron chi connectivity index (χ2n) is 17.3. The molecule has 0 aromatic heterocycles. The third-order valence-corrected chi connectivity index (χ3v) is 14.7. The van der Waals surface area contributed by atoms with E-state index in [2.05, 4.69) is 47.6 Å². The number of carbonyl (C=O) groups excluding carboxylic acids is 1. The lowest BCUT2D eigenvalue weighted by Crippen LogP contribution is -2.66. The van der Waals surface area contributed by atoms with E-state index in [1.165, 1.54) is 11.6 Å². The van der Waals surface area contributed by atoms with Gasteiger partial charge in [0.1, 0.15) is 5.75 Å². The molecule has 4 saturated carbocycles. The van der Waals surface area contributed by atoms with Gasteiger partial charge in [0.25, 0.3) is 0 Å². The van der Waals surface area contributed by atoms with Crippen molar-refractivity contribution in [1.82, 2.24) is 0 Å². The fourth-order valence-corrected chi connectivity index (χ4v) is 11.7. The van der Waals surface area contributed by atoms with Crippen molar-refractivity contribution in [3.05, 3.63) is 47.6 Å². The molecule has 0 bridgehead atoms. The van der Waals surface area contributed by atoms with E-state index in [0.29, 0.717) is 12.3 Å². The Kier molecular flexibility index (Phi) is 7.70. The molecule has 6 rings (SSSR count). The number of phenolic OH excluding ortho intramolecular Hbond substituents is 1. The molecule has 1 aromatic carbocycles. The molecule has 45 heavy (non-hydrogen) atoms. The molecule has 0 aliphatic heterocycles. The van der Waals surface area contributed by atoms with E-state index in [-0.39, 0.29) is 45.9 Å². The molecule has 9 unspecified atom stereocenters. The predicted molar refractivity (Wildman–Crippen MR) is 175 cm³/mol. The van der Waals surface area contributed by atoms with Crippen LogP contribution in [0.5, 0.6) is 5.75 Å². The van der Waals surface area contributed by atoms with Crippen LogP contribution in [-0.4, -0.2) is 40.0 Å². The van der Waals surface area contributed by atoms with Gasteiger partial charge in [0.05, 0.1) is 18.1 Å². The summed E-state index contributed by atoms with van der Waals surface area (Å²) in [4.78, 5) is 25.8. The van der Waals surface area contributed by atoms with Crippen molar-refractivity contribution in [2.24, 2.45) is 50.2 Å². The van der Waals surface area contributed by atoms with Gasteiger partial charge < -0.3 is 20.1 Å². The van der Waals surface area contributed by atoms with Gasteiger partial charge in [-0.2, -0.15) is 0 Å². The van der Waals surface area contributed by atoms with E-state index in [9.17, 15) is 24.9 Å². The summed E-state index contributed by atoms with van der Waals surface area (Å²) in [5.41, 5.74) is 1.11. The summed E-state index contributed by atoms with van der Waals surface area (Å²) in [6.07, 6.45) is 14.0. The number of hydrogen-bond donors (Lipinski definition) is 3. The second-order valence-corrected chi connectivity index (χ2v) is 17.3. The first-order valence-electron chi connectivity index (χ1n) is 17.3. The van der Waals surface area contributed by atoms with Crippen LogP contribution in [0.2, 0.25) is 0 Å². The van der Waals surface area contributed by atoms with E-state index in [4.69, 9.17) is 4.74 Å². The maximum atomic E-state index is 12.9. The number of esters is 1. The number of hydrogen-bond acceptors (Lipinski definition) is 5. The number of benzene rings is 1. The number of carboxylic acid groups (broad SMARTS) is 1. The van der Waals surface area contributed by atoms with Gasteiger partial charge >= 0.3 is 11.9 Å². The lowest BCUT2D eigenvalue weighted by molar-refractivity contribution is -0.219. The highest BCUT2D eigenvalue weighted by atomic mass is 16.5. The summed E-state index contributed by atoms with van der Waals surface area (Å²) in [7, 11) is 0. The highest BCUT2D eigenvalue weighted by Crippen LogP contribution is 2.75. The Morgan fingerprint density at radius 3 is 2.29 bits per heavy atom. The first-order valence-corrected chi connectivity index (χ1v) is 17.3. The van der Waals surface area contributed by atoms with Gasteiger partial charge in [-0.1, -0.05) is 65.3 Å². The molecule has 246 valence electrons. The molecular weight excluding hydrogens is 564 g/mol. The van der Waals surface area contributed by atoms with Crippen LogP contribution in [0.3, 0.4) is 0 Å². The van der Waals surface area contributed by atoms with Crippen molar-refractivity contribution in [3.63, 3.8) is 0 Å². The van der Waals surface area contributed by atoms with Gasteiger partial charge in [0.2, 0.25) is 0 Å². The zero-order valence-corrected chi connectivity index (χ0v) is 28.2. The first-order chi connectivity index (χ1) is 21.0. The number of rotatable bonds is 5. The van der Waals surface area contributed by atoms with Crippen LogP contribution in [0.4, 0.5) is 0 Å². The van der Waals surface area contributed by atoms with E-state index >= 15 is 0 Å². The molecule has 6 heteroatoms. The molecule has 3 N–H and O–H groups in total. The summed E-state index contributed by atoms with van der Waals surface area (Å²) >= 11 is 0. The number of ether oxygens (including phenoxy) is 1. The van der Waals surface area contributed by atoms with Crippen LogP contribution in [0.1, 0.15) is 111 Å². The molecular formula is C39H54O6. The minimum atomic E-state index is -0.640. The SMILES string of the molecule is CC1(C)CCC2(C(=O)O)CCC3(C)C(=CCC4C5(C)CCC(O)C(C)(COC(=O)/C=C/c6ccc(O)cc6)C5CCC43C)C2C1. The van der Waals surface area contributed by atoms with Crippen LogP contribution in [0.15, 0.2) is 42.0 Å². The lowest BCUT2D eigenvalue weighted by atomic mass is 9.33. The normalized spacial score (nSPS) is 43.7. The maximum Gasteiger partial charge on any atom is 0.330 e. The molecule has 1 aromatic rings. The number of carbonyl (C=O) groups is 2. The highest BCUT2D eigenvalue weighted by molar-refractivity contribution is 5.87. The Hall–Kier alpha value is -2.60. The molecule has 4 fully saturated rings. The summed E-state index contributed by atoms with van der Waals surface area (Å²) < 4.78 is 5.87. The summed E-state index contributed by atoms with van der Waals surface area (Å²) in [6.45, 7) is 14.3. The predicted octanol–water partition coefficient (Wildman–Crippen LogP) is 8.18. The molecule has 9 atom stereocenters. The van der Waals surface area contributed by atoms with E-state index < -0.39 is 28.9 Å². The molecule has 0 spiro atoms. The number of phenols is 1. The first kappa shape index (κ1) is 32.3. The fourth-order valence-electron chi connectivity index (χ4n) is 11.7. The molecule has 0 heterocycles. The van der Waals surface area contributed by atoms with Gasteiger partial charge in [-0.3, -0.25) is 4.79 Å². The van der Waals surface area contributed by atoms with Crippen LogP contribution >= 0.6 is 0 Å². The molecule has 0 amide bonds. The number of carboxylic acids is 1. The topological polar surface area (TPSA) is 104 Å². The van der Waals surface area contributed by atoms with E-state index in [1.807, 2.05) is 0 Å². The minimum absolute atomic E-state index is 0.0291. The van der Waals surface area contributed by atoms with Crippen molar-refractivity contribution < 1.29 is 29.6 Å². The van der Waals surface area contributed by atoms with Crippen LogP contribution in [0, 0.1) is 50.2 Å². The number of allylic oxidation sites excluding steroid dienone is 2. The highest BCUT2D eigenvalue weighted by Gasteiger charge is 2.69. The zero-order chi connectivity index (χ0) is 32.6. The van der Waals surface area contributed by atoms with E-state index in [1.54, 1.807) is 30.3 Å². The number of aliphatic hydroxyl groups excluding tert-OH is 1. The molecule has 0 saturated heterocycles. The van der Waals surface area contributed by atoms with Gasteiger partial charge in [0.15, 0.2) is 0 Å². The van der Waals surface area contributed by atoms with Gasteiger partial charge in [-0.15, -0.1) is 0 Å². The number of fused-ring (bicyclic) bond motifs is 7. The number of aliphatic carboxylic acids is 1. The Bertz CT molecular complexity index is 1410. The van der Waals surface area contributed by atoms with Crippen molar-refractivity contribution >= 4 is 18.0 Å². The minimum Gasteiger partial charge on any atom is -0.508 e. The van der Waals surface area contributed by atoms with Crippen molar-refractivity contribution in [1.29, 1.82) is 0 Å². The second kappa shape index (κ2) is 10.7. The smallest absolute Gasteiger partial charge is 0.330 e. The largest absolute Gasteiger partial charge is 0.508 e. The monoisotopic (exact) mass is 618 g/mol. The summed E-state index contributed by atoms with van der Waals surface area (Å²) in [5, 5.41) is 31.6. The molecule has 6 nitrogen and oxygen atoms in total. The zero-order valence-electron chi connectivity index (χ0n) is 28.2. The Balaban J connectivity index is 1.27. The van der Waals surface area contributed by atoms with Gasteiger partial charge in [0, 0.05) is 11.5 Å². The van der Waals surface area contributed by atoms with Gasteiger partial charge in [-0.25, -0.2) is 4.79 Å². The van der Waals surface area contributed by atoms with Crippen molar-refractivity contribution in [2.45, 2.75) is 112 Å². The van der Waals surface area contributed by atoms with Crippen molar-refractivity contribution in [2.75, 3.05) is 6.61 Å². The van der Waals surface area contributed by atoms with Crippen LogP contribution in [0.25, 0.3) is 6.08 Å². The van der Waals surface area contributed by atoms with Gasteiger partial charge in [-0.05, 0) is 127 Å². The molecule has 0 radical (unpaired) electrons. The lowest BCUT2D eigenvalue weighted by Gasteiger charge is -2.71. The average molecular weight is 619 g/mol. The Morgan fingerprint density at radius 2 is 1.60 bits per heavy atom. The maximum absolute atomic E-state index is 12.9.